The van der Waals surface area contributed by atoms with Crippen LogP contribution in [-0.4, -0.2) is 33.2 Å². The lowest BCUT2D eigenvalue weighted by Gasteiger charge is -2.21. The fourth-order valence-corrected chi connectivity index (χ4v) is 2.05. The summed E-state index contributed by atoms with van der Waals surface area (Å²) >= 11 is 0. The molecule has 0 aromatic carbocycles. The highest BCUT2D eigenvalue weighted by Crippen LogP contribution is 2.27. The highest BCUT2D eigenvalue weighted by molar-refractivity contribution is 5.86. The molecule has 88 valence electrons. The number of aromatic amines is 1. The van der Waals surface area contributed by atoms with Gasteiger partial charge in [0.15, 0.2) is 0 Å². The van der Waals surface area contributed by atoms with Crippen LogP contribution < -0.4 is 11.1 Å². The average molecular weight is 223 g/mol. The van der Waals surface area contributed by atoms with E-state index in [1.54, 1.807) is 0 Å². The van der Waals surface area contributed by atoms with E-state index in [1.165, 1.54) is 6.33 Å². The molecule has 0 bridgehead atoms. The zero-order valence-electron chi connectivity index (χ0n) is 9.20. The van der Waals surface area contributed by atoms with Gasteiger partial charge in [0.2, 0.25) is 5.91 Å². The van der Waals surface area contributed by atoms with Gasteiger partial charge in [0, 0.05) is 13.0 Å². The van der Waals surface area contributed by atoms with Crippen molar-refractivity contribution in [3.63, 3.8) is 0 Å². The maximum atomic E-state index is 11.8. The molecule has 0 atom stereocenters. The maximum absolute atomic E-state index is 11.8. The van der Waals surface area contributed by atoms with Gasteiger partial charge in [-0.05, 0) is 12.8 Å². The number of nitrogens with zero attached hydrogens (tertiary/aromatic N) is 2. The second-order valence-corrected chi connectivity index (χ2v) is 4.30. The summed E-state index contributed by atoms with van der Waals surface area (Å²) in [5.41, 5.74) is 5.38. The number of amides is 1. The van der Waals surface area contributed by atoms with Crippen LogP contribution in [0.3, 0.4) is 0 Å². The van der Waals surface area contributed by atoms with E-state index >= 15 is 0 Å². The first-order chi connectivity index (χ1) is 7.71. The number of rotatable bonds is 4. The number of hydrogen-bond acceptors (Lipinski definition) is 4. The minimum atomic E-state index is -0.637. The Hall–Kier alpha value is -1.43. The van der Waals surface area contributed by atoms with Crippen LogP contribution in [0.15, 0.2) is 6.33 Å². The normalized spacial score (nSPS) is 18.6. The maximum Gasteiger partial charge on any atom is 0.240 e. The predicted molar refractivity (Wildman–Crippen MR) is 58.5 cm³/mol. The SMILES string of the molecule is NC1(C(=O)NCCc2ncn[nH]2)CCCC1. The first-order valence-corrected chi connectivity index (χ1v) is 5.62. The summed E-state index contributed by atoms with van der Waals surface area (Å²) in [5, 5.41) is 9.34. The lowest BCUT2D eigenvalue weighted by atomic mass is 9.98. The molecule has 0 spiro atoms. The number of aromatic nitrogens is 3. The molecular formula is C10H17N5O. The molecule has 6 heteroatoms. The Morgan fingerprint density at radius 2 is 2.31 bits per heavy atom. The molecule has 16 heavy (non-hydrogen) atoms. The summed E-state index contributed by atoms with van der Waals surface area (Å²) in [7, 11) is 0. The van der Waals surface area contributed by atoms with Crippen LogP contribution in [-0.2, 0) is 11.2 Å². The van der Waals surface area contributed by atoms with E-state index in [-0.39, 0.29) is 5.91 Å². The first kappa shape index (κ1) is 11.1. The van der Waals surface area contributed by atoms with Crippen LogP contribution in [0.5, 0.6) is 0 Å². The van der Waals surface area contributed by atoms with Gasteiger partial charge in [0.25, 0.3) is 0 Å². The molecule has 1 saturated carbocycles. The Morgan fingerprint density at radius 1 is 1.56 bits per heavy atom. The monoisotopic (exact) mass is 223 g/mol. The van der Waals surface area contributed by atoms with Gasteiger partial charge in [-0.1, -0.05) is 12.8 Å². The lowest BCUT2D eigenvalue weighted by Crippen LogP contribution is -2.52. The third kappa shape index (κ3) is 2.38. The Balaban J connectivity index is 1.75. The van der Waals surface area contributed by atoms with Crippen molar-refractivity contribution in [3.8, 4) is 0 Å². The molecular weight excluding hydrogens is 206 g/mol. The van der Waals surface area contributed by atoms with Crippen molar-refractivity contribution in [2.75, 3.05) is 6.54 Å². The van der Waals surface area contributed by atoms with Crippen molar-refractivity contribution in [3.05, 3.63) is 12.2 Å². The van der Waals surface area contributed by atoms with E-state index in [4.69, 9.17) is 5.73 Å². The van der Waals surface area contributed by atoms with Crippen molar-refractivity contribution in [1.29, 1.82) is 0 Å². The zero-order chi connectivity index (χ0) is 11.4. The van der Waals surface area contributed by atoms with E-state index in [0.717, 1.165) is 31.5 Å². The molecule has 1 aliphatic rings. The van der Waals surface area contributed by atoms with Crippen LogP contribution >= 0.6 is 0 Å². The Morgan fingerprint density at radius 3 is 2.94 bits per heavy atom. The number of hydrogen-bond donors (Lipinski definition) is 3. The van der Waals surface area contributed by atoms with Crippen molar-refractivity contribution in [1.82, 2.24) is 20.5 Å². The predicted octanol–water partition coefficient (Wildman–Crippen LogP) is -0.265. The van der Waals surface area contributed by atoms with Crippen LogP contribution in [0, 0.1) is 0 Å². The number of H-pyrrole nitrogens is 1. The topological polar surface area (TPSA) is 96.7 Å². The van der Waals surface area contributed by atoms with E-state index in [9.17, 15) is 4.79 Å². The summed E-state index contributed by atoms with van der Waals surface area (Å²) in [4.78, 5) is 15.8. The van der Waals surface area contributed by atoms with E-state index in [0.29, 0.717) is 13.0 Å². The highest BCUT2D eigenvalue weighted by Gasteiger charge is 2.36. The second-order valence-electron chi connectivity index (χ2n) is 4.30. The highest BCUT2D eigenvalue weighted by atomic mass is 16.2. The number of nitrogens with one attached hydrogen (secondary N) is 2. The Bertz CT molecular complexity index is 342. The molecule has 0 saturated heterocycles. The van der Waals surface area contributed by atoms with Crippen LogP contribution in [0.1, 0.15) is 31.5 Å². The largest absolute Gasteiger partial charge is 0.354 e. The fraction of sp³-hybridized carbons (Fsp3) is 0.700. The van der Waals surface area contributed by atoms with Crippen molar-refractivity contribution < 1.29 is 4.79 Å². The average Bonchev–Trinajstić information content (AvgIpc) is 2.90. The standard InChI is InChI=1S/C10H17N5O/c11-10(4-1-2-5-10)9(16)12-6-3-8-13-7-14-15-8/h7H,1-6,11H2,(H,12,16)(H,13,14,15). The minimum absolute atomic E-state index is 0.0375. The number of carbonyl (C=O) groups is 1. The molecule has 6 nitrogen and oxygen atoms in total. The van der Waals surface area contributed by atoms with Gasteiger partial charge in [0.1, 0.15) is 12.2 Å². The summed E-state index contributed by atoms with van der Waals surface area (Å²) in [6.07, 6.45) is 5.79. The van der Waals surface area contributed by atoms with Crippen molar-refractivity contribution >= 4 is 5.91 Å². The molecule has 1 amide bonds. The minimum Gasteiger partial charge on any atom is -0.354 e. The third-order valence-corrected chi connectivity index (χ3v) is 3.06. The second kappa shape index (κ2) is 4.61. The summed E-state index contributed by atoms with van der Waals surface area (Å²) in [6.45, 7) is 0.549. The van der Waals surface area contributed by atoms with Gasteiger partial charge < -0.3 is 11.1 Å². The summed E-state index contributed by atoms with van der Waals surface area (Å²) < 4.78 is 0. The molecule has 0 aliphatic heterocycles. The van der Waals surface area contributed by atoms with Gasteiger partial charge in [-0.2, -0.15) is 5.10 Å². The third-order valence-electron chi connectivity index (χ3n) is 3.06. The molecule has 1 fully saturated rings. The molecule has 0 unspecified atom stereocenters. The smallest absolute Gasteiger partial charge is 0.240 e. The molecule has 4 N–H and O–H groups in total. The fourth-order valence-electron chi connectivity index (χ4n) is 2.05. The summed E-state index contributed by atoms with van der Waals surface area (Å²) in [6, 6.07) is 0. The van der Waals surface area contributed by atoms with Gasteiger partial charge >= 0.3 is 0 Å². The molecule has 1 aromatic heterocycles. The molecule has 1 heterocycles. The molecule has 1 aliphatic carbocycles. The van der Waals surface area contributed by atoms with E-state index in [1.807, 2.05) is 0 Å². The lowest BCUT2D eigenvalue weighted by molar-refractivity contribution is -0.126. The molecule has 2 rings (SSSR count). The van der Waals surface area contributed by atoms with Gasteiger partial charge in [0.05, 0.1) is 5.54 Å². The molecule has 0 radical (unpaired) electrons. The van der Waals surface area contributed by atoms with Crippen molar-refractivity contribution in [2.45, 2.75) is 37.6 Å². The van der Waals surface area contributed by atoms with E-state index in [2.05, 4.69) is 20.5 Å². The Labute approximate surface area is 94.0 Å². The van der Waals surface area contributed by atoms with Crippen LogP contribution in [0.4, 0.5) is 0 Å². The van der Waals surface area contributed by atoms with Gasteiger partial charge in [-0.25, -0.2) is 4.98 Å². The van der Waals surface area contributed by atoms with Crippen molar-refractivity contribution in [2.24, 2.45) is 5.73 Å². The van der Waals surface area contributed by atoms with Gasteiger partial charge in [-0.15, -0.1) is 0 Å². The molecule has 1 aromatic rings. The van der Waals surface area contributed by atoms with E-state index < -0.39 is 5.54 Å². The zero-order valence-corrected chi connectivity index (χ0v) is 9.20. The van der Waals surface area contributed by atoms with Crippen LogP contribution in [0.2, 0.25) is 0 Å². The Kier molecular flexibility index (Phi) is 3.19. The van der Waals surface area contributed by atoms with Crippen LogP contribution in [0.25, 0.3) is 0 Å². The summed E-state index contributed by atoms with van der Waals surface area (Å²) in [5.74, 6) is 0.738. The first-order valence-electron chi connectivity index (χ1n) is 5.62. The number of nitrogens with two attached hydrogens (primary N) is 1. The van der Waals surface area contributed by atoms with Gasteiger partial charge in [-0.3, -0.25) is 9.89 Å². The number of carbonyl (C=O) groups excluding carboxylic acids is 1. The quantitative estimate of drug-likeness (QED) is 0.655.